The molecular weight excluding hydrogens is 450 g/mol. The topological polar surface area (TPSA) is 81.6 Å². The highest BCUT2D eigenvalue weighted by molar-refractivity contribution is 5.77. The Balaban J connectivity index is 1.27. The molecule has 4 heterocycles. The van der Waals surface area contributed by atoms with Crippen LogP contribution in [0.1, 0.15) is 49.7 Å². The van der Waals surface area contributed by atoms with Crippen LogP contribution in [0.15, 0.2) is 73.6 Å². The molecular formula is C28H29N7O. The van der Waals surface area contributed by atoms with Gasteiger partial charge in [0.1, 0.15) is 29.7 Å². The maximum atomic E-state index is 6.14. The van der Waals surface area contributed by atoms with E-state index in [1.807, 2.05) is 48.1 Å². The van der Waals surface area contributed by atoms with Gasteiger partial charge in [0, 0.05) is 24.1 Å². The number of fused-ring (bicyclic) bond motifs is 2. The van der Waals surface area contributed by atoms with E-state index in [0.29, 0.717) is 11.8 Å². The lowest BCUT2D eigenvalue weighted by atomic mass is 9.84. The maximum absolute atomic E-state index is 6.14. The van der Waals surface area contributed by atoms with Crippen LogP contribution in [0.2, 0.25) is 0 Å². The van der Waals surface area contributed by atoms with Crippen molar-refractivity contribution in [3.05, 3.63) is 84.7 Å². The number of benzene rings is 1. The zero-order valence-corrected chi connectivity index (χ0v) is 20.5. The van der Waals surface area contributed by atoms with Crippen LogP contribution in [0.5, 0.6) is 11.5 Å². The standard InChI is InChI=1S/C28H29N7O/c1-19-6-4-3-5-7-21(14-19)24-11-13-35-27(24)28(30-18-32-35)33-22-8-9-25(20(2)15-22)36-23-10-12-34-26(16-23)29-17-31-34/h3,5,8-13,15-19,21H,4,6-7,14H2,1-2H3,(H,30,32,33)/b5-3-. The van der Waals surface area contributed by atoms with Gasteiger partial charge in [-0.3, -0.25) is 0 Å². The average molecular weight is 480 g/mol. The summed E-state index contributed by atoms with van der Waals surface area (Å²) < 4.78 is 9.78. The van der Waals surface area contributed by atoms with Gasteiger partial charge in [-0.1, -0.05) is 19.1 Å². The summed E-state index contributed by atoms with van der Waals surface area (Å²) in [6.45, 7) is 4.40. The zero-order chi connectivity index (χ0) is 24.5. The monoisotopic (exact) mass is 479 g/mol. The molecule has 8 nitrogen and oxygen atoms in total. The van der Waals surface area contributed by atoms with Crippen molar-refractivity contribution in [2.24, 2.45) is 5.92 Å². The molecule has 0 aliphatic heterocycles. The molecule has 2 atom stereocenters. The molecule has 0 bridgehead atoms. The predicted molar refractivity (Wildman–Crippen MR) is 140 cm³/mol. The molecule has 1 aromatic carbocycles. The minimum Gasteiger partial charge on any atom is -0.457 e. The minimum atomic E-state index is 0.452. The zero-order valence-electron chi connectivity index (χ0n) is 20.5. The summed E-state index contributed by atoms with van der Waals surface area (Å²) in [4.78, 5) is 8.85. The van der Waals surface area contributed by atoms with Gasteiger partial charge >= 0.3 is 0 Å². The number of anilines is 2. The minimum absolute atomic E-state index is 0.452. The number of hydrogen-bond donors (Lipinski definition) is 1. The Bertz CT molecular complexity index is 1550. The molecule has 1 aliphatic rings. The van der Waals surface area contributed by atoms with Crippen molar-refractivity contribution in [3.8, 4) is 11.5 Å². The summed E-state index contributed by atoms with van der Waals surface area (Å²) in [6.07, 6.45) is 16.3. The normalized spacial score (nSPS) is 19.2. The predicted octanol–water partition coefficient (Wildman–Crippen LogP) is 6.47. The summed E-state index contributed by atoms with van der Waals surface area (Å²) in [7, 11) is 0. The molecule has 0 saturated heterocycles. The van der Waals surface area contributed by atoms with Gasteiger partial charge in [-0.2, -0.15) is 10.2 Å². The van der Waals surface area contributed by atoms with Gasteiger partial charge in [-0.15, -0.1) is 0 Å². The Labute approximate surface area is 209 Å². The fraction of sp³-hybridized carbons (Fsp3) is 0.286. The lowest BCUT2D eigenvalue weighted by molar-refractivity contribution is 0.436. The van der Waals surface area contributed by atoms with Crippen LogP contribution >= 0.6 is 0 Å². The number of allylic oxidation sites excluding steroid dienone is 2. The van der Waals surface area contributed by atoms with E-state index in [1.54, 1.807) is 10.8 Å². The summed E-state index contributed by atoms with van der Waals surface area (Å²) in [5.74, 6) is 3.46. The third-order valence-corrected chi connectivity index (χ3v) is 6.94. The molecule has 0 saturated carbocycles. The van der Waals surface area contributed by atoms with Gasteiger partial charge in [-0.25, -0.2) is 19.0 Å². The Morgan fingerprint density at radius 2 is 1.83 bits per heavy atom. The lowest BCUT2D eigenvalue weighted by Gasteiger charge is -2.22. The molecule has 0 fully saturated rings. The fourth-order valence-electron chi connectivity index (χ4n) is 5.08. The molecule has 4 aromatic heterocycles. The number of nitrogens with one attached hydrogen (secondary N) is 1. The van der Waals surface area contributed by atoms with Gasteiger partial charge in [0.05, 0.1) is 0 Å². The molecule has 1 aliphatic carbocycles. The summed E-state index contributed by atoms with van der Waals surface area (Å²) >= 11 is 0. The Hall–Kier alpha value is -4.20. The summed E-state index contributed by atoms with van der Waals surface area (Å²) in [5, 5.41) is 12.1. The number of hydrogen-bond acceptors (Lipinski definition) is 6. The number of pyridine rings is 1. The first-order valence-corrected chi connectivity index (χ1v) is 12.5. The van der Waals surface area contributed by atoms with Crippen molar-refractivity contribution >= 4 is 22.7 Å². The van der Waals surface area contributed by atoms with Gasteiger partial charge in [0.25, 0.3) is 0 Å². The van der Waals surface area contributed by atoms with Crippen LogP contribution in [-0.4, -0.2) is 29.2 Å². The second-order valence-electron chi connectivity index (χ2n) is 9.63. The Morgan fingerprint density at radius 3 is 2.75 bits per heavy atom. The van der Waals surface area contributed by atoms with Crippen LogP contribution in [0.3, 0.4) is 0 Å². The van der Waals surface area contributed by atoms with Gasteiger partial charge in [0.2, 0.25) is 0 Å². The maximum Gasteiger partial charge on any atom is 0.158 e. The third-order valence-electron chi connectivity index (χ3n) is 6.94. The smallest absolute Gasteiger partial charge is 0.158 e. The molecule has 8 heteroatoms. The second-order valence-corrected chi connectivity index (χ2v) is 9.63. The molecule has 2 unspecified atom stereocenters. The van der Waals surface area contributed by atoms with E-state index in [0.717, 1.165) is 46.2 Å². The van der Waals surface area contributed by atoms with E-state index in [4.69, 9.17) is 4.74 Å². The van der Waals surface area contributed by atoms with E-state index < -0.39 is 0 Å². The third kappa shape index (κ3) is 4.42. The molecule has 0 radical (unpaired) electrons. The Kier molecular flexibility index (Phi) is 5.85. The fourth-order valence-corrected chi connectivity index (χ4v) is 5.08. The highest BCUT2D eigenvalue weighted by atomic mass is 16.5. The van der Waals surface area contributed by atoms with E-state index in [9.17, 15) is 0 Å². The van der Waals surface area contributed by atoms with Crippen molar-refractivity contribution in [3.63, 3.8) is 0 Å². The van der Waals surface area contributed by atoms with Crippen LogP contribution in [0.25, 0.3) is 11.2 Å². The van der Waals surface area contributed by atoms with E-state index in [2.05, 4.69) is 56.7 Å². The van der Waals surface area contributed by atoms with E-state index in [-0.39, 0.29) is 0 Å². The van der Waals surface area contributed by atoms with Crippen molar-refractivity contribution < 1.29 is 4.74 Å². The first kappa shape index (κ1) is 22.3. The first-order valence-electron chi connectivity index (χ1n) is 12.5. The van der Waals surface area contributed by atoms with Crippen LogP contribution in [0.4, 0.5) is 11.5 Å². The lowest BCUT2D eigenvalue weighted by Crippen LogP contribution is -2.08. The van der Waals surface area contributed by atoms with Gasteiger partial charge < -0.3 is 10.1 Å². The highest BCUT2D eigenvalue weighted by Crippen LogP contribution is 2.37. The van der Waals surface area contributed by atoms with Crippen molar-refractivity contribution in [1.82, 2.24) is 29.2 Å². The number of rotatable bonds is 5. The molecule has 0 amide bonds. The highest BCUT2D eigenvalue weighted by Gasteiger charge is 2.21. The number of aryl methyl sites for hydroxylation is 1. The second kappa shape index (κ2) is 9.45. The van der Waals surface area contributed by atoms with Crippen LogP contribution < -0.4 is 10.1 Å². The molecule has 0 spiro atoms. The molecule has 36 heavy (non-hydrogen) atoms. The number of aromatic nitrogens is 6. The van der Waals surface area contributed by atoms with Crippen molar-refractivity contribution in [1.29, 1.82) is 0 Å². The van der Waals surface area contributed by atoms with Crippen LogP contribution in [-0.2, 0) is 0 Å². The first-order chi connectivity index (χ1) is 17.6. The van der Waals surface area contributed by atoms with Gasteiger partial charge in [-0.05, 0) is 85.9 Å². The van der Waals surface area contributed by atoms with Crippen molar-refractivity contribution in [2.75, 3.05) is 5.32 Å². The number of nitrogens with zero attached hydrogens (tertiary/aromatic N) is 6. The number of ether oxygens (including phenoxy) is 1. The SMILES string of the molecule is Cc1cc(Nc2ncnn3ccc(C4C/C=C\CCC(C)C4)c23)ccc1Oc1ccn2ncnc2c1. The molecule has 182 valence electrons. The Morgan fingerprint density at radius 1 is 0.972 bits per heavy atom. The summed E-state index contributed by atoms with van der Waals surface area (Å²) in [5.41, 5.74) is 5.06. The molecule has 5 aromatic rings. The largest absolute Gasteiger partial charge is 0.457 e. The van der Waals surface area contributed by atoms with Crippen molar-refractivity contribution in [2.45, 2.75) is 45.4 Å². The van der Waals surface area contributed by atoms with Gasteiger partial charge in [0.15, 0.2) is 11.5 Å². The molecule has 1 N–H and O–H groups in total. The van der Waals surface area contributed by atoms with E-state index in [1.165, 1.54) is 31.2 Å². The quantitative estimate of drug-likeness (QED) is 0.291. The van der Waals surface area contributed by atoms with E-state index >= 15 is 0 Å². The van der Waals surface area contributed by atoms with Crippen LogP contribution in [0, 0.1) is 12.8 Å². The summed E-state index contributed by atoms with van der Waals surface area (Å²) in [6, 6.07) is 12.0. The average Bonchev–Trinajstić information content (AvgIpc) is 3.50. The molecule has 6 rings (SSSR count).